The molecule has 1 saturated heterocycles. The number of ether oxygens (including phenoxy) is 1. The minimum Gasteiger partial charge on any atom is -0.493 e. The van der Waals surface area contributed by atoms with Crippen LogP contribution in [0.4, 0.5) is 4.79 Å². The number of hydrogen-bond donors (Lipinski definition) is 1. The number of benzene rings is 1. The molecular weight excluding hydrogens is 382 g/mol. The van der Waals surface area contributed by atoms with Crippen LogP contribution in [-0.2, 0) is 23.1 Å². The van der Waals surface area contributed by atoms with Gasteiger partial charge in [0.05, 0.1) is 19.4 Å². The smallest absolute Gasteiger partial charge is 0.407 e. The van der Waals surface area contributed by atoms with Crippen molar-refractivity contribution in [3.05, 3.63) is 30.0 Å². The number of carbonyl (C=O) groups is 1. The Morgan fingerprint density at radius 3 is 2.61 bits per heavy atom. The molecule has 0 aliphatic carbocycles. The molecule has 0 unspecified atom stereocenters. The molecule has 1 aromatic heterocycles. The van der Waals surface area contributed by atoms with Gasteiger partial charge < -0.3 is 19.3 Å². The molecule has 1 aromatic carbocycles. The van der Waals surface area contributed by atoms with Gasteiger partial charge in [-0.1, -0.05) is 0 Å². The zero-order chi connectivity index (χ0) is 19.9. The Bertz CT molecular complexity index is 992. The zero-order valence-electron chi connectivity index (χ0n) is 15.9. The summed E-state index contributed by atoms with van der Waals surface area (Å²) in [5.41, 5.74) is 2.08. The van der Waals surface area contributed by atoms with Gasteiger partial charge in [0.25, 0.3) is 0 Å². The number of amides is 1. The lowest BCUT2D eigenvalue weighted by molar-refractivity contribution is 0.111. The summed E-state index contributed by atoms with van der Waals surface area (Å²) < 4.78 is 33.3. The Kier molecular flexibility index (Phi) is 4.96. The fraction of sp³-hybridized carbons (Fsp3) is 0.526. The highest BCUT2D eigenvalue weighted by Crippen LogP contribution is 2.29. The topological polar surface area (TPSA) is 92.1 Å². The van der Waals surface area contributed by atoms with Gasteiger partial charge in [0, 0.05) is 42.8 Å². The van der Waals surface area contributed by atoms with Gasteiger partial charge in [0.2, 0.25) is 10.0 Å². The van der Waals surface area contributed by atoms with Crippen molar-refractivity contribution < 1.29 is 23.1 Å². The summed E-state index contributed by atoms with van der Waals surface area (Å²) in [6.07, 6.45) is 2.03. The molecule has 3 heterocycles. The second-order valence-corrected chi connectivity index (χ2v) is 9.61. The van der Waals surface area contributed by atoms with Crippen LogP contribution in [0.2, 0.25) is 0 Å². The molecule has 0 spiro atoms. The largest absolute Gasteiger partial charge is 0.493 e. The molecule has 152 valence electrons. The molecule has 2 aliphatic rings. The molecule has 0 saturated carbocycles. The molecular formula is C19H25N3O5S. The van der Waals surface area contributed by atoms with Crippen LogP contribution in [0.5, 0.6) is 5.75 Å². The predicted molar refractivity (Wildman–Crippen MR) is 105 cm³/mol. The number of piperidine rings is 1. The van der Waals surface area contributed by atoms with Crippen molar-refractivity contribution in [1.29, 1.82) is 0 Å². The average Bonchev–Trinajstić information content (AvgIpc) is 3.03. The van der Waals surface area contributed by atoms with E-state index < -0.39 is 16.1 Å². The third-order valence-electron chi connectivity index (χ3n) is 5.71. The van der Waals surface area contributed by atoms with E-state index in [0.717, 1.165) is 35.2 Å². The first-order valence-electron chi connectivity index (χ1n) is 9.49. The number of nitrogens with zero attached hydrogens (tertiary/aromatic N) is 3. The summed E-state index contributed by atoms with van der Waals surface area (Å²) in [5.74, 6) is 1.15. The number of hydrogen-bond acceptors (Lipinski definition) is 4. The Morgan fingerprint density at radius 1 is 1.18 bits per heavy atom. The second kappa shape index (κ2) is 7.29. The first-order valence-corrected chi connectivity index (χ1v) is 11.3. The first kappa shape index (κ1) is 19.1. The van der Waals surface area contributed by atoms with Crippen LogP contribution in [0.3, 0.4) is 0 Å². The molecule has 9 heteroatoms. The summed E-state index contributed by atoms with van der Waals surface area (Å²) in [6.45, 7) is 3.23. The minimum atomic E-state index is -3.19. The van der Waals surface area contributed by atoms with E-state index in [9.17, 15) is 13.2 Å². The molecule has 0 bridgehead atoms. The number of carboxylic acid groups (broad SMARTS) is 1. The molecule has 1 amide bonds. The highest BCUT2D eigenvalue weighted by Gasteiger charge is 2.25. The van der Waals surface area contributed by atoms with Gasteiger partial charge in [-0.15, -0.1) is 0 Å². The average molecular weight is 407 g/mol. The lowest BCUT2D eigenvalue weighted by atomic mass is 9.98. The molecule has 4 rings (SSSR count). The predicted octanol–water partition coefficient (Wildman–Crippen LogP) is 2.19. The van der Waals surface area contributed by atoms with E-state index in [1.165, 1.54) is 15.5 Å². The maximum atomic E-state index is 11.8. The van der Waals surface area contributed by atoms with Crippen LogP contribution >= 0.6 is 0 Å². The van der Waals surface area contributed by atoms with E-state index >= 15 is 0 Å². The Hall–Kier alpha value is -2.26. The quantitative estimate of drug-likeness (QED) is 0.839. The van der Waals surface area contributed by atoms with Gasteiger partial charge in [0.15, 0.2) is 0 Å². The summed E-state index contributed by atoms with van der Waals surface area (Å²) in [7, 11) is -3.19. The molecule has 28 heavy (non-hydrogen) atoms. The fourth-order valence-corrected chi connectivity index (χ4v) is 4.83. The van der Waals surface area contributed by atoms with Crippen LogP contribution in [0.25, 0.3) is 10.9 Å². The minimum absolute atomic E-state index is 0.358. The summed E-state index contributed by atoms with van der Waals surface area (Å²) in [4.78, 5) is 12.4. The van der Waals surface area contributed by atoms with Crippen molar-refractivity contribution in [2.75, 3.05) is 32.5 Å². The van der Waals surface area contributed by atoms with Gasteiger partial charge in [-0.2, -0.15) is 4.31 Å². The first-order chi connectivity index (χ1) is 13.3. The Morgan fingerprint density at radius 2 is 1.93 bits per heavy atom. The van der Waals surface area contributed by atoms with Gasteiger partial charge in [-0.25, -0.2) is 13.2 Å². The van der Waals surface area contributed by atoms with Crippen LogP contribution in [0, 0.1) is 5.92 Å². The van der Waals surface area contributed by atoms with Crippen LogP contribution in [0.1, 0.15) is 18.5 Å². The maximum Gasteiger partial charge on any atom is 0.407 e. The number of fused-ring (bicyclic) bond motifs is 3. The Labute approximate surface area is 164 Å². The fourth-order valence-electron chi connectivity index (χ4n) is 4.05. The number of sulfonamides is 1. The molecule has 8 nitrogen and oxygen atoms in total. The number of aromatic nitrogens is 1. The normalized spacial score (nSPS) is 19.0. The standard InChI is InChI=1S/C19H25N3O5S/c1-28(25,26)21-8-9-22-16(12-21)10-15-11-17(2-3-18(15)22)27-13-14-4-6-20(7-5-14)19(23)24/h2-3,10-11,14H,4-9,12-13H2,1H3,(H,23,24). The molecule has 1 N–H and O–H groups in total. The van der Waals surface area contributed by atoms with E-state index in [4.69, 9.17) is 9.84 Å². The maximum absolute atomic E-state index is 11.8. The summed E-state index contributed by atoms with van der Waals surface area (Å²) >= 11 is 0. The van der Waals surface area contributed by atoms with E-state index in [-0.39, 0.29) is 0 Å². The van der Waals surface area contributed by atoms with E-state index in [0.29, 0.717) is 45.2 Å². The van der Waals surface area contributed by atoms with Gasteiger partial charge >= 0.3 is 6.09 Å². The van der Waals surface area contributed by atoms with E-state index in [2.05, 4.69) is 4.57 Å². The van der Waals surface area contributed by atoms with E-state index in [1.54, 1.807) is 0 Å². The van der Waals surface area contributed by atoms with Crippen molar-refractivity contribution in [2.24, 2.45) is 5.92 Å². The third-order valence-corrected chi connectivity index (χ3v) is 6.96. The van der Waals surface area contributed by atoms with Crippen molar-refractivity contribution in [3.8, 4) is 5.75 Å². The molecule has 2 aliphatic heterocycles. The van der Waals surface area contributed by atoms with Crippen molar-refractivity contribution >= 4 is 27.0 Å². The highest BCUT2D eigenvalue weighted by atomic mass is 32.2. The third kappa shape index (κ3) is 3.81. The van der Waals surface area contributed by atoms with Gasteiger partial charge in [-0.3, -0.25) is 0 Å². The van der Waals surface area contributed by atoms with Crippen molar-refractivity contribution in [2.45, 2.75) is 25.9 Å². The van der Waals surface area contributed by atoms with Crippen molar-refractivity contribution in [3.63, 3.8) is 0 Å². The number of rotatable bonds is 4. The van der Waals surface area contributed by atoms with Gasteiger partial charge in [0.1, 0.15) is 5.75 Å². The van der Waals surface area contributed by atoms with Crippen LogP contribution in [0.15, 0.2) is 24.3 Å². The van der Waals surface area contributed by atoms with Crippen LogP contribution in [-0.4, -0.2) is 65.9 Å². The summed E-state index contributed by atoms with van der Waals surface area (Å²) in [6, 6.07) is 8.00. The Balaban J connectivity index is 1.42. The SMILES string of the molecule is CS(=O)(=O)N1CCn2c(cc3cc(OCC4CCN(C(=O)O)CC4)ccc32)C1. The molecule has 1 fully saturated rings. The van der Waals surface area contributed by atoms with Crippen molar-refractivity contribution in [1.82, 2.24) is 13.8 Å². The summed E-state index contributed by atoms with van der Waals surface area (Å²) in [5, 5.41) is 10.1. The number of likely N-dealkylation sites (tertiary alicyclic amines) is 1. The second-order valence-electron chi connectivity index (χ2n) is 7.63. The lowest BCUT2D eigenvalue weighted by Gasteiger charge is -2.29. The molecule has 0 radical (unpaired) electrons. The molecule has 2 aromatic rings. The molecule has 0 atom stereocenters. The van der Waals surface area contributed by atoms with Gasteiger partial charge in [-0.05, 0) is 43.0 Å². The lowest BCUT2D eigenvalue weighted by Crippen LogP contribution is -2.38. The van der Waals surface area contributed by atoms with Crippen LogP contribution < -0.4 is 4.74 Å². The monoisotopic (exact) mass is 407 g/mol. The zero-order valence-corrected chi connectivity index (χ0v) is 16.7. The highest BCUT2D eigenvalue weighted by molar-refractivity contribution is 7.88. The van der Waals surface area contributed by atoms with E-state index in [1.807, 2.05) is 24.3 Å².